The average molecular weight is 620 g/mol. The van der Waals surface area contributed by atoms with Gasteiger partial charge in [0, 0.05) is 6.61 Å². The van der Waals surface area contributed by atoms with Gasteiger partial charge < -0.3 is 18.9 Å². The van der Waals surface area contributed by atoms with Gasteiger partial charge in [-0.2, -0.15) is 0 Å². The molecule has 0 spiro atoms. The highest BCUT2D eigenvalue weighted by molar-refractivity contribution is 7.64. The number of ether oxygens (including phenoxy) is 4. The van der Waals surface area contributed by atoms with Gasteiger partial charge in [-0.15, -0.1) is 33.2 Å². The van der Waals surface area contributed by atoms with Crippen LogP contribution in [0.3, 0.4) is 0 Å². The molecule has 38 heavy (non-hydrogen) atoms. The van der Waals surface area contributed by atoms with Gasteiger partial charge in [0.1, 0.15) is 6.61 Å². The van der Waals surface area contributed by atoms with Gasteiger partial charge in [0.05, 0.1) is 33.5 Å². The van der Waals surface area contributed by atoms with Gasteiger partial charge in [-0.3, -0.25) is 0 Å². The lowest BCUT2D eigenvalue weighted by Crippen LogP contribution is -2.14. The lowest BCUT2D eigenvalue weighted by Gasteiger charge is -2.07. The summed E-state index contributed by atoms with van der Waals surface area (Å²) < 4.78 is 20.6. The zero-order valence-corrected chi connectivity index (χ0v) is 27.5. The minimum absolute atomic E-state index is 0.0243. The molecule has 228 valence electrons. The molecule has 0 unspecified atom stereocenters. The van der Waals surface area contributed by atoms with Crippen LogP contribution in [0.4, 0.5) is 0 Å². The molecule has 0 rings (SSSR count). The maximum atomic E-state index is 10.9. The summed E-state index contributed by atoms with van der Waals surface area (Å²) >= 11 is 17.7. The molecule has 0 amide bonds. The molecular weight excluding hydrogens is 563 g/mol. The molecule has 0 bridgehead atoms. The van der Waals surface area contributed by atoms with E-state index in [4.69, 9.17) is 47.4 Å². The fourth-order valence-electron chi connectivity index (χ4n) is 4.37. The van der Waals surface area contributed by atoms with E-state index in [9.17, 15) is 4.79 Å². The van der Waals surface area contributed by atoms with Gasteiger partial charge in [-0.1, -0.05) is 122 Å². The molecule has 0 radical (unpaired) electrons. The molecule has 0 atom stereocenters. The third-order valence-corrected chi connectivity index (χ3v) is 9.31. The van der Waals surface area contributed by atoms with Gasteiger partial charge in [-0.25, -0.2) is 4.79 Å². The first-order valence-corrected chi connectivity index (χ1v) is 20.6. The van der Waals surface area contributed by atoms with E-state index < -0.39 is 6.00 Å². The van der Waals surface area contributed by atoms with E-state index in [-0.39, 0.29) is 12.6 Å². The minimum Gasteiger partial charge on any atom is -0.467 e. The summed E-state index contributed by atoms with van der Waals surface area (Å²) in [4.78, 5) is 10.9. The van der Waals surface area contributed by atoms with Crippen LogP contribution in [0.2, 0.25) is 6.04 Å². The summed E-state index contributed by atoms with van der Waals surface area (Å²) in [5.74, 6) is -0.368. The number of rotatable bonds is 31. The molecule has 0 N–H and O–H groups in total. The largest absolute Gasteiger partial charge is 0.467 e. The van der Waals surface area contributed by atoms with Gasteiger partial charge in [0.15, 0.2) is 0 Å². The van der Waals surface area contributed by atoms with E-state index in [1.807, 2.05) is 0 Å². The van der Waals surface area contributed by atoms with Crippen molar-refractivity contribution in [2.24, 2.45) is 0 Å². The standard InChI is InChI=1S/C29H57Cl3O5Si/c1-34-29(33)28-37-26-25-36-24-23-35-22-20-18-16-14-12-10-8-6-4-2-3-5-7-9-11-13-15-17-19-21-27-38(30,31)32/h2-28H2,1H3. The van der Waals surface area contributed by atoms with Crippen molar-refractivity contribution in [3.63, 3.8) is 0 Å². The Labute approximate surface area is 249 Å². The lowest BCUT2D eigenvalue weighted by molar-refractivity contribution is -0.146. The fraction of sp³-hybridized carbons (Fsp3) is 0.966. The third-order valence-electron chi connectivity index (χ3n) is 6.69. The predicted octanol–water partition coefficient (Wildman–Crippen LogP) is 9.67. The highest BCUT2D eigenvalue weighted by Gasteiger charge is 2.23. The quantitative estimate of drug-likeness (QED) is 0.0335. The number of carbonyl (C=O) groups excluding carboxylic acids is 1. The monoisotopic (exact) mass is 618 g/mol. The van der Waals surface area contributed by atoms with Crippen LogP contribution >= 0.6 is 33.2 Å². The molecule has 0 saturated heterocycles. The SMILES string of the molecule is COC(=O)COCCOCCOCCCCCCCCCCCCCCCCCCCCCC[Si](Cl)(Cl)Cl. The molecule has 0 aromatic heterocycles. The Balaban J connectivity index is 3.06. The van der Waals surface area contributed by atoms with E-state index in [2.05, 4.69) is 4.74 Å². The first-order valence-electron chi connectivity index (χ1n) is 15.3. The third kappa shape index (κ3) is 34.5. The number of hydrogen-bond donors (Lipinski definition) is 0. The second-order valence-electron chi connectivity index (χ2n) is 10.3. The van der Waals surface area contributed by atoms with Crippen LogP contribution in [0.1, 0.15) is 128 Å². The zero-order valence-electron chi connectivity index (χ0n) is 24.3. The first-order chi connectivity index (χ1) is 18.5. The van der Waals surface area contributed by atoms with Crippen molar-refractivity contribution in [2.75, 3.05) is 46.8 Å². The highest BCUT2D eigenvalue weighted by Crippen LogP contribution is 2.27. The predicted molar refractivity (Wildman–Crippen MR) is 165 cm³/mol. The van der Waals surface area contributed by atoms with E-state index in [1.165, 1.54) is 123 Å². The van der Waals surface area contributed by atoms with Crippen molar-refractivity contribution in [3.8, 4) is 0 Å². The zero-order chi connectivity index (χ0) is 28.0. The highest BCUT2D eigenvalue weighted by atomic mass is 35.8. The molecule has 0 saturated carbocycles. The molecule has 0 aliphatic carbocycles. The molecule has 9 heteroatoms. The molecule has 0 aliphatic rings. The Bertz CT molecular complexity index is 495. The van der Waals surface area contributed by atoms with Gasteiger partial charge in [0.2, 0.25) is 0 Å². The summed E-state index contributed by atoms with van der Waals surface area (Å²) in [5, 5.41) is 0. The molecule has 0 aromatic rings. The van der Waals surface area contributed by atoms with Crippen LogP contribution in [0.5, 0.6) is 0 Å². The lowest BCUT2D eigenvalue weighted by atomic mass is 10.0. The Hall–Kier alpha value is 0.437. The van der Waals surface area contributed by atoms with Crippen LogP contribution in [-0.4, -0.2) is 58.7 Å². The second kappa shape index (κ2) is 30.4. The van der Waals surface area contributed by atoms with Crippen molar-refractivity contribution < 1.29 is 23.7 Å². The summed E-state index contributed by atoms with van der Waals surface area (Å²) in [7, 11) is 1.34. The van der Waals surface area contributed by atoms with E-state index in [0.717, 1.165) is 25.5 Å². The van der Waals surface area contributed by atoms with Gasteiger partial charge in [-0.05, 0) is 12.5 Å². The smallest absolute Gasteiger partial charge is 0.341 e. The number of halogens is 3. The number of hydrogen-bond acceptors (Lipinski definition) is 5. The van der Waals surface area contributed by atoms with Crippen LogP contribution in [0.25, 0.3) is 0 Å². The second-order valence-corrected chi connectivity index (χ2v) is 19.6. The summed E-state index contributed by atoms with van der Waals surface area (Å²) in [6, 6.07) is -1.57. The molecule has 5 nitrogen and oxygen atoms in total. The Kier molecular flexibility index (Phi) is 30.7. The fourth-order valence-corrected chi connectivity index (χ4v) is 6.22. The number of esters is 1. The molecule has 0 aromatic carbocycles. The molecular formula is C29H57Cl3O5Si. The van der Waals surface area contributed by atoms with Crippen molar-refractivity contribution in [3.05, 3.63) is 0 Å². The summed E-state index contributed by atoms with van der Waals surface area (Å²) in [5.41, 5.74) is 0. The van der Waals surface area contributed by atoms with E-state index >= 15 is 0 Å². The van der Waals surface area contributed by atoms with Crippen molar-refractivity contribution >= 4 is 45.2 Å². The number of unbranched alkanes of at least 4 members (excludes halogenated alkanes) is 19. The van der Waals surface area contributed by atoms with E-state index in [0.29, 0.717) is 26.4 Å². The molecule has 0 aliphatic heterocycles. The van der Waals surface area contributed by atoms with Crippen LogP contribution in [0, 0.1) is 0 Å². The van der Waals surface area contributed by atoms with Crippen molar-refractivity contribution in [2.45, 2.75) is 134 Å². The number of methoxy groups -OCH3 is 1. The molecule has 0 heterocycles. The Morgan fingerprint density at radius 2 is 0.789 bits per heavy atom. The van der Waals surface area contributed by atoms with E-state index in [1.54, 1.807) is 0 Å². The van der Waals surface area contributed by atoms with Gasteiger partial charge in [0.25, 0.3) is 0 Å². The molecule has 0 fully saturated rings. The minimum atomic E-state index is -2.38. The normalized spacial score (nSPS) is 11.8. The Morgan fingerprint density at radius 1 is 0.474 bits per heavy atom. The van der Waals surface area contributed by atoms with Crippen LogP contribution in [-0.2, 0) is 23.7 Å². The van der Waals surface area contributed by atoms with Crippen molar-refractivity contribution in [1.29, 1.82) is 0 Å². The van der Waals surface area contributed by atoms with Crippen LogP contribution in [0.15, 0.2) is 0 Å². The summed E-state index contributed by atoms with van der Waals surface area (Å²) in [6.07, 6.45) is 26.8. The maximum Gasteiger partial charge on any atom is 0.341 e. The van der Waals surface area contributed by atoms with Crippen molar-refractivity contribution in [1.82, 2.24) is 0 Å². The number of carbonyl (C=O) groups is 1. The van der Waals surface area contributed by atoms with Crippen LogP contribution < -0.4 is 0 Å². The summed E-state index contributed by atoms with van der Waals surface area (Å²) in [6.45, 7) is 2.81. The Morgan fingerprint density at radius 3 is 1.16 bits per heavy atom. The first kappa shape index (κ1) is 38.4. The maximum absolute atomic E-state index is 10.9. The average Bonchev–Trinajstić information content (AvgIpc) is 2.89. The van der Waals surface area contributed by atoms with Gasteiger partial charge >= 0.3 is 12.0 Å². The topological polar surface area (TPSA) is 54.0 Å².